The van der Waals surface area contributed by atoms with Crippen molar-refractivity contribution in [2.24, 2.45) is 0 Å². The van der Waals surface area contributed by atoms with Crippen LogP contribution >= 0.6 is 0 Å². The van der Waals surface area contributed by atoms with Gasteiger partial charge in [0.25, 0.3) is 0 Å². The highest BCUT2D eigenvalue weighted by Crippen LogP contribution is 2.31. The molecule has 0 heterocycles. The smallest absolute Gasteiger partial charge is 0.108 e. The molecule has 0 amide bonds. The van der Waals surface area contributed by atoms with Crippen LogP contribution < -0.4 is 27.6 Å². The lowest BCUT2D eigenvalue weighted by molar-refractivity contribution is -0.386. The van der Waals surface area contributed by atoms with Crippen molar-refractivity contribution in [2.75, 3.05) is 0 Å². The summed E-state index contributed by atoms with van der Waals surface area (Å²) in [6, 6.07) is 52.4. The molecule has 0 radical (unpaired) electrons. The van der Waals surface area contributed by atoms with Crippen molar-refractivity contribution in [1.82, 2.24) is 0 Å². The fraction of sp³-hybridized carbons (Fsp3) is 0.412. The standard InChI is InChI=1S/C27H49N.C24H20B/c1-4-5-6-7-8-9-10-11-12-13-14-15-16-17-20-23-27(2,3)26-22-19-18-21-25(26)24-28;1-5-13-21(14-6-1)25(22-15-7-2-8-16-22,23-17-9-3-10-18-23)24-19-11-4-12-20-24/h18-19,21-22H,4-17,20,23-24,28H2,1-3H3;1-20H/q;-1/p+1. The van der Waals surface area contributed by atoms with E-state index in [0.717, 1.165) is 6.54 Å². The van der Waals surface area contributed by atoms with Crippen LogP contribution in [0, 0.1) is 0 Å². The fourth-order valence-electron chi connectivity index (χ4n) is 8.59. The second-order valence-corrected chi connectivity index (χ2v) is 16.0. The Morgan fingerprint density at radius 1 is 0.396 bits per heavy atom. The van der Waals surface area contributed by atoms with Gasteiger partial charge in [0.05, 0.1) is 6.54 Å². The zero-order chi connectivity index (χ0) is 37.5. The molecule has 5 rings (SSSR count). The summed E-state index contributed by atoms with van der Waals surface area (Å²) in [5, 5.41) is 0. The first-order chi connectivity index (χ1) is 26.0. The first-order valence-electron chi connectivity index (χ1n) is 21.3. The van der Waals surface area contributed by atoms with E-state index < -0.39 is 6.15 Å². The normalized spacial score (nSPS) is 11.5. The summed E-state index contributed by atoms with van der Waals surface area (Å²) in [4.78, 5) is 0. The average molecular weight is 708 g/mol. The van der Waals surface area contributed by atoms with E-state index in [4.69, 9.17) is 0 Å². The summed E-state index contributed by atoms with van der Waals surface area (Å²) in [5.41, 5.74) is 12.7. The van der Waals surface area contributed by atoms with Gasteiger partial charge in [0.1, 0.15) is 6.15 Å². The maximum Gasteiger partial charge on any atom is 0.108 e. The second kappa shape index (κ2) is 23.7. The lowest BCUT2D eigenvalue weighted by atomic mass is 9.13. The van der Waals surface area contributed by atoms with Crippen LogP contribution in [0.1, 0.15) is 135 Å². The van der Waals surface area contributed by atoms with Gasteiger partial charge in [-0.05, 0) is 17.4 Å². The van der Waals surface area contributed by atoms with E-state index >= 15 is 0 Å². The molecule has 0 spiro atoms. The number of unbranched alkanes of at least 4 members (excludes halogenated alkanes) is 14. The highest BCUT2D eigenvalue weighted by Gasteiger charge is 2.31. The Morgan fingerprint density at radius 3 is 1.04 bits per heavy atom. The van der Waals surface area contributed by atoms with Crippen LogP contribution in [0.5, 0.6) is 0 Å². The van der Waals surface area contributed by atoms with E-state index in [1.54, 1.807) is 0 Å². The summed E-state index contributed by atoms with van der Waals surface area (Å²) >= 11 is 0. The lowest BCUT2D eigenvalue weighted by Crippen LogP contribution is -2.74. The van der Waals surface area contributed by atoms with Crippen molar-refractivity contribution in [3.05, 3.63) is 157 Å². The van der Waals surface area contributed by atoms with Crippen molar-refractivity contribution in [3.63, 3.8) is 0 Å². The molecule has 0 bridgehead atoms. The molecule has 0 aliphatic rings. The molecule has 282 valence electrons. The van der Waals surface area contributed by atoms with Crippen LogP contribution in [0.15, 0.2) is 146 Å². The molecule has 0 unspecified atom stereocenters. The van der Waals surface area contributed by atoms with Gasteiger partial charge in [-0.15, -0.1) is 0 Å². The molecule has 0 fully saturated rings. The summed E-state index contributed by atoms with van der Waals surface area (Å²) < 4.78 is 0. The van der Waals surface area contributed by atoms with E-state index in [1.807, 2.05) is 0 Å². The minimum absolute atomic E-state index is 0.283. The molecule has 5 aromatic rings. The molecule has 5 aromatic carbocycles. The topological polar surface area (TPSA) is 27.6 Å². The molecule has 3 N–H and O–H groups in total. The number of hydrogen-bond donors (Lipinski definition) is 1. The van der Waals surface area contributed by atoms with Crippen molar-refractivity contribution in [2.45, 2.75) is 135 Å². The van der Waals surface area contributed by atoms with Gasteiger partial charge < -0.3 is 5.73 Å². The third-order valence-electron chi connectivity index (χ3n) is 11.6. The van der Waals surface area contributed by atoms with Crippen molar-refractivity contribution in [3.8, 4) is 0 Å². The highest BCUT2D eigenvalue weighted by atomic mass is 14.5. The minimum atomic E-state index is -1.22. The Bertz CT molecular complexity index is 1470. The van der Waals surface area contributed by atoms with Crippen LogP contribution in [0.4, 0.5) is 0 Å². The summed E-state index contributed by atoms with van der Waals surface area (Å²) in [7, 11) is 0. The molecule has 0 saturated carbocycles. The van der Waals surface area contributed by atoms with E-state index in [9.17, 15) is 0 Å². The van der Waals surface area contributed by atoms with Crippen LogP contribution in [0.25, 0.3) is 0 Å². The van der Waals surface area contributed by atoms with Gasteiger partial charge in [-0.3, -0.25) is 0 Å². The minimum Gasteiger partial charge on any atom is -0.354 e. The molecule has 0 atom stereocenters. The van der Waals surface area contributed by atoms with Crippen LogP contribution in [-0.2, 0) is 12.0 Å². The van der Waals surface area contributed by atoms with Gasteiger partial charge in [-0.1, -0.05) is 263 Å². The summed E-state index contributed by atoms with van der Waals surface area (Å²) in [6.07, 6.45) is 21.6. The number of benzene rings is 5. The van der Waals surface area contributed by atoms with E-state index in [1.165, 1.54) is 136 Å². The van der Waals surface area contributed by atoms with Crippen molar-refractivity contribution < 1.29 is 5.73 Å². The largest absolute Gasteiger partial charge is 0.354 e. The quantitative estimate of drug-likeness (QED) is 0.0548. The second-order valence-electron chi connectivity index (χ2n) is 16.0. The van der Waals surface area contributed by atoms with Gasteiger partial charge in [0, 0.05) is 5.56 Å². The van der Waals surface area contributed by atoms with Crippen LogP contribution in [0.2, 0.25) is 0 Å². The molecule has 1 nitrogen and oxygen atoms in total. The number of rotatable bonds is 22. The Balaban J connectivity index is 0.000000237. The summed E-state index contributed by atoms with van der Waals surface area (Å²) in [6.45, 7) is 8.01. The zero-order valence-electron chi connectivity index (χ0n) is 33.7. The SMILES string of the molecule is CCCCCCCCCCCCCCCCCC(C)(C)c1ccccc1C[NH3+].c1ccc([B-](c2ccccc2)(c2ccccc2)c2ccccc2)cc1. The maximum atomic E-state index is 4.11. The Labute approximate surface area is 324 Å². The fourth-order valence-corrected chi connectivity index (χ4v) is 8.59. The van der Waals surface area contributed by atoms with E-state index in [-0.39, 0.29) is 5.41 Å². The first-order valence-corrected chi connectivity index (χ1v) is 21.3. The number of quaternary nitrogens is 1. The predicted octanol–water partition coefficient (Wildman–Crippen LogP) is 11.0. The Morgan fingerprint density at radius 2 is 0.698 bits per heavy atom. The predicted molar refractivity (Wildman–Crippen MR) is 236 cm³/mol. The van der Waals surface area contributed by atoms with E-state index in [2.05, 4.69) is 172 Å². The van der Waals surface area contributed by atoms with Crippen molar-refractivity contribution >= 4 is 28.0 Å². The van der Waals surface area contributed by atoms with Gasteiger partial charge in [-0.2, -0.15) is 21.9 Å². The molecular weight excluding hydrogens is 637 g/mol. The zero-order valence-corrected chi connectivity index (χ0v) is 33.7. The third kappa shape index (κ3) is 12.9. The van der Waals surface area contributed by atoms with Gasteiger partial charge >= 0.3 is 0 Å². The van der Waals surface area contributed by atoms with Gasteiger partial charge in [-0.25, -0.2) is 0 Å². The van der Waals surface area contributed by atoms with Crippen molar-refractivity contribution in [1.29, 1.82) is 0 Å². The first kappa shape index (κ1) is 41.9. The lowest BCUT2D eigenvalue weighted by Gasteiger charge is -2.44. The third-order valence-corrected chi connectivity index (χ3v) is 11.6. The van der Waals surface area contributed by atoms with E-state index in [0.29, 0.717) is 0 Å². The monoisotopic (exact) mass is 708 g/mol. The average Bonchev–Trinajstić information content (AvgIpc) is 3.21. The molecule has 0 aliphatic heterocycles. The number of hydrogen-bond acceptors (Lipinski definition) is 0. The molecule has 53 heavy (non-hydrogen) atoms. The molecule has 2 heteroatoms. The summed E-state index contributed by atoms with van der Waals surface area (Å²) in [5.74, 6) is 0. The highest BCUT2D eigenvalue weighted by molar-refractivity contribution is 7.19. The Hall–Kier alpha value is -3.88. The Kier molecular flexibility index (Phi) is 18.7. The maximum absolute atomic E-state index is 4.11. The molecular formula is C51H70BN. The molecule has 0 aliphatic carbocycles. The molecule has 0 aromatic heterocycles. The van der Waals surface area contributed by atoms with Crippen LogP contribution in [-0.4, -0.2) is 6.15 Å². The molecule has 0 saturated heterocycles. The van der Waals surface area contributed by atoms with Gasteiger partial charge in [0.15, 0.2) is 0 Å². The van der Waals surface area contributed by atoms with Gasteiger partial charge in [0.2, 0.25) is 0 Å². The van der Waals surface area contributed by atoms with Crippen LogP contribution in [0.3, 0.4) is 0 Å².